The number of anilines is 2. The lowest BCUT2D eigenvalue weighted by atomic mass is 9.96. The van der Waals surface area contributed by atoms with E-state index in [0.29, 0.717) is 0 Å². The van der Waals surface area contributed by atoms with E-state index in [-0.39, 0.29) is 5.41 Å². The summed E-state index contributed by atoms with van der Waals surface area (Å²) in [6.07, 6.45) is 3.24. The highest BCUT2D eigenvalue weighted by Crippen LogP contribution is 2.67. The maximum absolute atomic E-state index is 9.80. The van der Waals surface area contributed by atoms with Gasteiger partial charge < -0.3 is 9.34 Å². The standard InChI is InChI=1S/C22H30N3P/c1-5-21(18-22(2,3)4)26(23)24(19-12-8-6-9-13-19)16-17-25(26)20-14-10-7-11-15-20/h6-15,18,23H,5,16-17H2,1-4H3/b21-18+. The summed E-state index contributed by atoms with van der Waals surface area (Å²) >= 11 is 0. The maximum atomic E-state index is 9.80. The molecule has 0 aromatic heterocycles. The molecule has 3 rings (SSSR count). The molecule has 1 N–H and O–H groups in total. The average Bonchev–Trinajstić information content (AvgIpc) is 2.98. The number of hydrogen-bond acceptors (Lipinski definition) is 1. The lowest BCUT2D eigenvalue weighted by Gasteiger charge is -2.39. The number of para-hydroxylation sites is 2. The van der Waals surface area contributed by atoms with Gasteiger partial charge in [-0.15, -0.1) is 0 Å². The van der Waals surface area contributed by atoms with Crippen molar-refractivity contribution in [3.8, 4) is 0 Å². The van der Waals surface area contributed by atoms with E-state index in [1.165, 1.54) is 5.31 Å². The van der Waals surface area contributed by atoms with E-state index in [0.717, 1.165) is 30.9 Å². The van der Waals surface area contributed by atoms with E-state index in [4.69, 9.17) is 0 Å². The Morgan fingerprint density at radius 1 is 0.923 bits per heavy atom. The number of allylic oxidation sites excluding steroid dienone is 2. The fourth-order valence-electron chi connectivity index (χ4n) is 3.62. The van der Waals surface area contributed by atoms with E-state index in [1.807, 2.05) is 12.1 Å². The first kappa shape index (κ1) is 18.8. The lowest BCUT2D eigenvalue weighted by Crippen LogP contribution is -2.20. The molecule has 3 nitrogen and oxygen atoms in total. The second-order valence-corrected chi connectivity index (χ2v) is 10.6. The lowest BCUT2D eigenvalue weighted by molar-refractivity contribution is 0.541. The van der Waals surface area contributed by atoms with Crippen LogP contribution in [0.3, 0.4) is 0 Å². The zero-order chi connectivity index (χ0) is 18.8. The largest absolute Gasteiger partial charge is 0.318 e. The molecule has 1 aliphatic heterocycles. The molecule has 1 saturated heterocycles. The molecule has 0 saturated carbocycles. The number of benzene rings is 2. The van der Waals surface area contributed by atoms with Crippen LogP contribution in [0.1, 0.15) is 34.1 Å². The molecule has 26 heavy (non-hydrogen) atoms. The van der Waals surface area contributed by atoms with Gasteiger partial charge in [0.25, 0.3) is 0 Å². The molecular weight excluding hydrogens is 337 g/mol. The van der Waals surface area contributed by atoms with Crippen molar-refractivity contribution in [2.45, 2.75) is 34.1 Å². The van der Waals surface area contributed by atoms with Gasteiger partial charge in [0.1, 0.15) is 0 Å². The summed E-state index contributed by atoms with van der Waals surface area (Å²) in [5.41, 5.74) is 2.37. The second-order valence-electron chi connectivity index (χ2n) is 7.87. The summed E-state index contributed by atoms with van der Waals surface area (Å²) < 4.78 is 4.70. The van der Waals surface area contributed by atoms with Crippen molar-refractivity contribution >= 4 is 18.7 Å². The van der Waals surface area contributed by atoms with Gasteiger partial charge in [-0.25, -0.2) is 0 Å². The molecule has 0 unspecified atom stereocenters. The molecule has 0 radical (unpaired) electrons. The Bertz CT molecular complexity index is 755. The maximum Gasteiger partial charge on any atom is 0.168 e. The number of nitrogens with zero attached hydrogens (tertiary/aromatic N) is 2. The van der Waals surface area contributed by atoms with Gasteiger partial charge in [-0.1, -0.05) is 70.2 Å². The normalized spacial score (nSPS) is 17.6. The summed E-state index contributed by atoms with van der Waals surface area (Å²) in [7, 11) is -2.41. The molecule has 1 fully saturated rings. The van der Waals surface area contributed by atoms with Gasteiger partial charge in [0.15, 0.2) is 7.36 Å². The van der Waals surface area contributed by atoms with Gasteiger partial charge in [-0.3, -0.25) is 5.16 Å². The third-order valence-electron chi connectivity index (χ3n) is 4.69. The van der Waals surface area contributed by atoms with Crippen LogP contribution in [-0.4, -0.2) is 13.1 Å². The van der Waals surface area contributed by atoms with E-state index in [2.05, 4.69) is 91.6 Å². The Kier molecular flexibility index (Phi) is 5.29. The fraction of sp³-hybridized carbons (Fsp3) is 0.364. The summed E-state index contributed by atoms with van der Waals surface area (Å²) in [6, 6.07) is 20.9. The smallest absolute Gasteiger partial charge is 0.168 e. The Balaban J connectivity index is 2.16. The van der Waals surface area contributed by atoms with Gasteiger partial charge in [0.05, 0.1) is 0 Å². The van der Waals surface area contributed by atoms with Crippen LogP contribution in [0.5, 0.6) is 0 Å². The van der Waals surface area contributed by atoms with Crippen LogP contribution in [0.15, 0.2) is 72.1 Å². The Morgan fingerprint density at radius 2 is 1.35 bits per heavy atom. The predicted octanol–water partition coefficient (Wildman–Crippen LogP) is 6.96. The Morgan fingerprint density at radius 3 is 1.69 bits per heavy atom. The quantitative estimate of drug-likeness (QED) is 0.592. The Labute approximate surface area is 158 Å². The first-order valence-corrected chi connectivity index (χ1v) is 11.1. The zero-order valence-corrected chi connectivity index (χ0v) is 17.2. The third kappa shape index (κ3) is 3.59. The molecule has 138 valence electrons. The van der Waals surface area contributed by atoms with Crippen molar-refractivity contribution in [2.75, 3.05) is 22.4 Å². The average molecular weight is 367 g/mol. The number of rotatable bonds is 4. The summed E-state index contributed by atoms with van der Waals surface area (Å²) in [4.78, 5) is 0. The highest BCUT2D eigenvalue weighted by molar-refractivity contribution is 7.72. The van der Waals surface area contributed by atoms with Crippen molar-refractivity contribution in [3.05, 3.63) is 72.1 Å². The first-order valence-electron chi connectivity index (χ1n) is 9.39. The molecular formula is C22H30N3P. The van der Waals surface area contributed by atoms with Crippen molar-refractivity contribution in [3.63, 3.8) is 0 Å². The van der Waals surface area contributed by atoms with Crippen molar-refractivity contribution in [1.29, 1.82) is 5.16 Å². The molecule has 2 aromatic carbocycles. The molecule has 0 amide bonds. The van der Waals surface area contributed by atoms with Crippen LogP contribution >= 0.6 is 7.36 Å². The molecule has 0 spiro atoms. The van der Waals surface area contributed by atoms with Crippen LogP contribution in [0.4, 0.5) is 11.4 Å². The van der Waals surface area contributed by atoms with Gasteiger partial charge in [-0.05, 0) is 36.1 Å². The van der Waals surface area contributed by atoms with Crippen LogP contribution < -0.4 is 9.34 Å². The molecule has 2 aromatic rings. The minimum absolute atomic E-state index is 0.0622. The number of hydrogen-bond donors (Lipinski definition) is 1. The SMILES string of the molecule is CC/C(=C\C(C)(C)C)P1(=N)N(c2ccccc2)CCN1c1ccccc1. The van der Waals surface area contributed by atoms with Gasteiger partial charge in [-0.2, -0.15) is 0 Å². The number of nitrogens with one attached hydrogen (secondary N) is 1. The minimum Gasteiger partial charge on any atom is -0.318 e. The highest BCUT2D eigenvalue weighted by atomic mass is 31.2. The molecule has 0 bridgehead atoms. The minimum atomic E-state index is -2.41. The summed E-state index contributed by atoms with van der Waals surface area (Å²) in [5, 5.41) is 11.1. The van der Waals surface area contributed by atoms with Crippen LogP contribution in [0.2, 0.25) is 0 Å². The van der Waals surface area contributed by atoms with Crippen molar-refractivity contribution < 1.29 is 0 Å². The van der Waals surface area contributed by atoms with E-state index >= 15 is 0 Å². The van der Waals surface area contributed by atoms with Crippen molar-refractivity contribution in [1.82, 2.24) is 0 Å². The predicted molar refractivity (Wildman–Crippen MR) is 115 cm³/mol. The highest BCUT2D eigenvalue weighted by Gasteiger charge is 2.41. The molecule has 0 atom stereocenters. The van der Waals surface area contributed by atoms with Crippen molar-refractivity contribution in [2.24, 2.45) is 5.41 Å². The summed E-state index contributed by atoms with van der Waals surface area (Å²) in [6.45, 7) is 10.6. The molecule has 1 heterocycles. The van der Waals surface area contributed by atoms with E-state index < -0.39 is 7.36 Å². The van der Waals surface area contributed by atoms with Gasteiger partial charge in [0.2, 0.25) is 0 Å². The molecule has 0 aliphatic carbocycles. The monoisotopic (exact) mass is 367 g/mol. The fourth-order valence-corrected chi connectivity index (χ4v) is 7.21. The second kappa shape index (κ2) is 7.32. The van der Waals surface area contributed by atoms with Gasteiger partial charge in [0, 0.05) is 29.8 Å². The zero-order valence-electron chi connectivity index (χ0n) is 16.3. The molecule has 4 heteroatoms. The Hall–Kier alpha value is -1.99. The summed E-state index contributed by atoms with van der Waals surface area (Å²) in [5.74, 6) is 0. The van der Waals surface area contributed by atoms with Crippen LogP contribution in [0.25, 0.3) is 0 Å². The third-order valence-corrected chi connectivity index (χ3v) is 8.20. The first-order chi connectivity index (χ1) is 12.4. The van der Waals surface area contributed by atoms with E-state index in [9.17, 15) is 5.16 Å². The molecule has 1 aliphatic rings. The van der Waals surface area contributed by atoms with Crippen LogP contribution in [0, 0.1) is 10.6 Å². The van der Waals surface area contributed by atoms with Crippen LogP contribution in [-0.2, 0) is 0 Å². The topological polar surface area (TPSA) is 30.3 Å². The van der Waals surface area contributed by atoms with E-state index in [1.54, 1.807) is 0 Å². The van der Waals surface area contributed by atoms with Gasteiger partial charge >= 0.3 is 0 Å².